The molecule has 0 unspecified atom stereocenters. The quantitative estimate of drug-likeness (QED) is 0.676. The van der Waals surface area contributed by atoms with Crippen molar-refractivity contribution in [2.75, 3.05) is 32.8 Å². The number of carbonyl (C=O) groups is 3. The van der Waals surface area contributed by atoms with Gasteiger partial charge in [-0.25, -0.2) is 9.59 Å². The summed E-state index contributed by atoms with van der Waals surface area (Å²) in [5.41, 5.74) is 2.25. The Hall–Kier alpha value is -3.10. The Labute approximate surface area is 185 Å². The van der Waals surface area contributed by atoms with Gasteiger partial charge in [-0.1, -0.05) is 41.9 Å². The number of aliphatic carboxylic acids is 2. The van der Waals surface area contributed by atoms with Crippen LogP contribution in [-0.2, 0) is 20.9 Å². The number of rotatable bonds is 5. The van der Waals surface area contributed by atoms with Gasteiger partial charge in [-0.2, -0.15) is 0 Å². The van der Waals surface area contributed by atoms with Crippen LogP contribution in [0.4, 0.5) is 0 Å². The molecule has 31 heavy (non-hydrogen) atoms. The molecule has 0 aromatic heterocycles. The van der Waals surface area contributed by atoms with Crippen molar-refractivity contribution in [3.05, 3.63) is 64.7 Å². The van der Waals surface area contributed by atoms with Crippen LogP contribution in [0.2, 0.25) is 5.02 Å². The molecule has 0 saturated carbocycles. The largest absolute Gasteiger partial charge is 0.484 e. The Morgan fingerprint density at radius 1 is 0.968 bits per heavy atom. The number of carboxylic acids is 2. The lowest BCUT2D eigenvalue weighted by Gasteiger charge is -2.34. The van der Waals surface area contributed by atoms with Crippen LogP contribution >= 0.6 is 11.6 Å². The van der Waals surface area contributed by atoms with E-state index in [-0.39, 0.29) is 12.5 Å². The Balaban J connectivity index is 0.000000501. The summed E-state index contributed by atoms with van der Waals surface area (Å²) in [4.78, 5) is 34.7. The number of benzene rings is 2. The molecule has 1 fully saturated rings. The molecule has 1 saturated heterocycles. The van der Waals surface area contributed by atoms with E-state index in [9.17, 15) is 4.79 Å². The highest BCUT2D eigenvalue weighted by molar-refractivity contribution is 6.31. The zero-order valence-electron chi connectivity index (χ0n) is 17.2. The topological polar surface area (TPSA) is 107 Å². The van der Waals surface area contributed by atoms with Gasteiger partial charge < -0.3 is 19.8 Å². The first-order valence-corrected chi connectivity index (χ1v) is 10.0. The van der Waals surface area contributed by atoms with Gasteiger partial charge in [0.1, 0.15) is 5.75 Å². The third-order valence-corrected chi connectivity index (χ3v) is 4.98. The van der Waals surface area contributed by atoms with Crippen LogP contribution in [0, 0.1) is 6.92 Å². The van der Waals surface area contributed by atoms with E-state index in [4.69, 9.17) is 36.1 Å². The van der Waals surface area contributed by atoms with Gasteiger partial charge in [0, 0.05) is 37.7 Å². The highest BCUT2D eigenvalue weighted by atomic mass is 35.5. The molecule has 3 rings (SSSR count). The van der Waals surface area contributed by atoms with Crippen LogP contribution in [0.15, 0.2) is 48.5 Å². The predicted octanol–water partition coefficient (Wildman–Crippen LogP) is 2.53. The Morgan fingerprint density at radius 2 is 1.61 bits per heavy atom. The zero-order valence-corrected chi connectivity index (χ0v) is 17.9. The Morgan fingerprint density at radius 3 is 2.19 bits per heavy atom. The summed E-state index contributed by atoms with van der Waals surface area (Å²) < 4.78 is 5.62. The molecule has 1 amide bonds. The average Bonchev–Trinajstić information content (AvgIpc) is 2.74. The number of carbonyl (C=O) groups excluding carboxylic acids is 1. The van der Waals surface area contributed by atoms with Crippen LogP contribution in [-0.4, -0.2) is 70.6 Å². The van der Waals surface area contributed by atoms with Crippen molar-refractivity contribution < 1.29 is 29.3 Å². The van der Waals surface area contributed by atoms with E-state index in [2.05, 4.69) is 11.0 Å². The molecule has 166 valence electrons. The number of aryl methyl sites for hydroxylation is 1. The Bertz CT molecular complexity index is 900. The van der Waals surface area contributed by atoms with Gasteiger partial charge in [0.25, 0.3) is 5.91 Å². The average molecular weight is 449 g/mol. The second-order valence-electron chi connectivity index (χ2n) is 6.96. The molecular formula is C22H25ClN2O6. The molecule has 2 aromatic carbocycles. The smallest absolute Gasteiger partial charge is 0.414 e. The predicted molar refractivity (Wildman–Crippen MR) is 115 cm³/mol. The second kappa shape index (κ2) is 11.9. The normalized spacial score (nSPS) is 13.7. The van der Waals surface area contributed by atoms with E-state index < -0.39 is 11.9 Å². The van der Waals surface area contributed by atoms with Gasteiger partial charge in [-0.15, -0.1) is 0 Å². The van der Waals surface area contributed by atoms with E-state index in [1.807, 2.05) is 54.3 Å². The molecule has 8 nitrogen and oxygen atoms in total. The minimum absolute atomic E-state index is 0.0406. The van der Waals surface area contributed by atoms with E-state index >= 15 is 0 Å². The molecule has 1 aliphatic heterocycles. The molecule has 1 aliphatic rings. The van der Waals surface area contributed by atoms with Crippen LogP contribution in [0.5, 0.6) is 5.75 Å². The molecular weight excluding hydrogens is 424 g/mol. The maximum atomic E-state index is 12.3. The molecule has 0 radical (unpaired) electrons. The highest BCUT2D eigenvalue weighted by Gasteiger charge is 2.21. The first kappa shape index (κ1) is 24.2. The standard InChI is InChI=1S/C20H23ClN2O2.C2H2O4/c1-16-5-4-7-18(13-16)25-15-20(24)23-11-9-22(10-12-23)14-17-6-2-3-8-19(17)21;3-1(4)2(5)6/h2-8,13H,9-12,14-15H2,1H3;(H,3,4)(H,5,6). The molecule has 0 spiro atoms. The SMILES string of the molecule is Cc1cccc(OCC(=O)N2CCN(Cc3ccccc3Cl)CC2)c1.O=C(O)C(=O)O. The summed E-state index contributed by atoms with van der Waals surface area (Å²) in [6, 6.07) is 15.7. The first-order chi connectivity index (χ1) is 14.8. The van der Waals surface area contributed by atoms with Crippen molar-refractivity contribution in [3.63, 3.8) is 0 Å². The third kappa shape index (κ3) is 8.27. The number of hydrogen-bond donors (Lipinski definition) is 2. The maximum absolute atomic E-state index is 12.3. The highest BCUT2D eigenvalue weighted by Crippen LogP contribution is 2.18. The van der Waals surface area contributed by atoms with E-state index in [0.717, 1.165) is 54.6 Å². The number of halogens is 1. The summed E-state index contributed by atoms with van der Waals surface area (Å²) in [7, 11) is 0. The van der Waals surface area contributed by atoms with Crippen LogP contribution in [0.1, 0.15) is 11.1 Å². The fourth-order valence-electron chi connectivity index (χ4n) is 2.96. The van der Waals surface area contributed by atoms with Gasteiger partial charge in [-0.3, -0.25) is 9.69 Å². The summed E-state index contributed by atoms with van der Waals surface area (Å²) in [6.45, 7) is 6.06. The minimum atomic E-state index is -1.82. The lowest BCUT2D eigenvalue weighted by atomic mass is 10.2. The number of hydrogen-bond acceptors (Lipinski definition) is 5. The Kier molecular flexibility index (Phi) is 9.30. The fraction of sp³-hybridized carbons (Fsp3) is 0.318. The van der Waals surface area contributed by atoms with E-state index in [1.54, 1.807) is 0 Å². The molecule has 2 N–H and O–H groups in total. The summed E-state index contributed by atoms with van der Waals surface area (Å²) in [6.07, 6.45) is 0. The van der Waals surface area contributed by atoms with E-state index in [0.29, 0.717) is 0 Å². The fourth-order valence-corrected chi connectivity index (χ4v) is 3.16. The van der Waals surface area contributed by atoms with Crippen molar-refractivity contribution in [2.24, 2.45) is 0 Å². The van der Waals surface area contributed by atoms with Gasteiger partial charge in [0.2, 0.25) is 0 Å². The van der Waals surface area contributed by atoms with Crippen molar-refractivity contribution in [1.82, 2.24) is 9.80 Å². The molecule has 0 atom stereocenters. The lowest BCUT2D eigenvalue weighted by molar-refractivity contribution is -0.159. The summed E-state index contributed by atoms with van der Waals surface area (Å²) in [5.74, 6) is -2.87. The van der Waals surface area contributed by atoms with Gasteiger partial charge in [0.05, 0.1) is 0 Å². The van der Waals surface area contributed by atoms with Crippen LogP contribution in [0.25, 0.3) is 0 Å². The zero-order chi connectivity index (χ0) is 22.8. The molecule has 9 heteroatoms. The second-order valence-corrected chi connectivity index (χ2v) is 7.37. The van der Waals surface area contributed by atoms with Crippen LogP contribution < -0.4 is 4.74 Å². The van der Waals surface area contributed by atoms with Gasteiger partial charge in [-0.05, 0) is 36.2 Å². The van der Waals surface area contributed by atoms with Gasteiger partial charge in [0.15, 0.2) is 6.61 Å². The van der Waals surface area contributed by atoms with Crippen molar-refractivity contribution in [3.8, 4) is 5.75 Å². The summed E-state index contributed by atoms with van der Waals surface area (Å²) >= 11 is 6.23. The lowest BCUT2D eigenvalue weighted by Crippen LogP contribution is -2.49. The number of piperazine rings is 1. The van der Waals surface area contributed by atoms with Crippen LogP contribution in [0.3, 0.4) is 0 Å². The van der Waals surface area contributed by atoms with Crippen molar-refractivity contribution in [2.45, 2.75) is 13.5 Å². The maximum Gasteiger partial charge on any atom is 0.414 e. The van der Waals surface area contributed by atoms with Crippen molar-refractivity contribution >= 4 is 29.4 Å². The number of ether oxygens (including phenoxy) is 1. The third-order valence-electron chi connectivity index (χ3n) is 4.61. The first-order valence-electron chi connectivity index (χ1n) is 9.65. The van der Waals surface area contributed by atoms with Gasteiger partial charge >= 0.3 is 11.9 Å². The minimum Gasteiger partial charge on any atom is -0.484 e. The number of carboxylic acid groups (broad SMARTS) is 2. The molecule has 2 aromatic rings. The van der Waals surface area contributed by atoms with E-state index in [1.165, 1.54) is 0 Å². The van der Waals surface area contributed by atoms with Crippen molar-refractivity contribution in [1.29, 1.82) is 0 Å². The molecule has 0 bridgehead atoms. The number of amides is 1. The molecule has 1 heterocycles. The number of nitrogens with zero attached hydrogens (tertiary/aromatic N) is 2. The molecule has 0 aliphatic carbocycles. The summed E-state index contributed by atoms with van der Waals surface area (Å²) in [5, 5.41) is 15.6. The monoisotopic (exact) mass is 448 g/mol.